The fraction of sp³-hybridized carbons (Fsp3) is 0.611. The number of amides is 1. The van der Waals surface area contributed by atoms with Crippen molar-refractivity contribution in [1.82, 2.24) is 20.9 Å². The highest BCUT2D eigenvalue weighted by molar-refractivity contribution is 14.0. The number of carbonyl (C=O) groups is 1. The first-order chi connectivity index (χ1) is 12.5. The molecule has 1 unspecified atom stereocenters. The molecule has 0 bridgehead atoms. The summed E-state index contributed by atoms with van der Waals surface area (Å²) in [5.41, 5.74) is 0. The predicted octanol–water partition coefficient (Wildman–Crippen LogP) is 2.26. The van der Waals surface area contributed by atoms with Crippen LogP contribution in [0.5, 0.6) is 0 Å². The van der Waals surface area contributed by atoms with E-state index in [4.69, 9.17) is 11.6 Å². The fourth-order valence-electron chi connectivity index (χ4n) is 2.74. The number of hydrogen-bond acceptors (Lipinski definition) is 4. The molecule has 0 radical (unpaired) electrons. The highest BCUT2D eigenvalue weighted by Crippen LogP contribution is 2.25. The number of nitrogens with zero attached hydrogens (tertiary/aromatic N) is 3. The summed E-state index contributed by atoms with van der Waals surface area (Å²) in [7, 11) is 0. The molecule has 0 aromatic carbocycles. The van der Waals surface area contributed by atoms with Crippen molar-refractivity contribution in [1.29, 1.82) is 0 Å². The molecule has 1 aromatic heterocycles. The average molecular weight is 509 g/mol. The Labute approximate surface area is 183 Å². The van der Waals surface area contributed by atoms with Gasteiger partial charge in [-0.2, -0.15) is 0 Å². The third kappa shape index (κ3) is 7.69. The minimum Gasteiger partial charge on any atom is -0.357 e. The van der Waals surface area contributed by atoms with Crippen LogP contribution in [0, 0.1) is 5.92 Å². The Morgan fingerprint density at radius 2 is 2.22 bits per heavy atom. The SMILES string of the molecule is CCNC(=NCCNC(=O)C(C)C)NC1CCN(c2ncccc2Cl)C1.I. The molecule has 1 aliphatic heterocycles. The molecule has 1 amide bonds. The lowest BCUT2D eigenvalue weighted by molar-refractivity contribution is -0.123. The Hall–Kier alpha value is -1.29. The van der Waals surface area contributed by atoms with Gasteiger partial charge in [0.15, 0.2) is 5.96 Å². The van der Waals surface area contributed by atoms with Crippen molar-refractivity contribution < 1.29 is 4.79 Å². The van der Waals surface area contributed by atoms with Crippen LogP contribution in [-0.4, -0.2) is 55.6 Å². The zero-order valence-corrected chi connectivity index (χ0v) is 19.3. The molecule has 1 aromatic rings. The quantitative estimate of drug-likeness (QED) is 0.228. The summed E-state index contributed by atoms with van der Waals surface area (Å²) >= 11 is 6.24. The van der Waals surface area contributed by atoms with Gasteiger partial charge in [-0.3, -0.25) is 9.79 Å². The van der Waals surface area contributed by atoms with Crippen molar-refractivity contribution in [3.8, 4) is 0 Å². The van der Waals surface area contributed by atoms with Gasteiger partial charge in [0.25, 0.3) is 0 Å². The van der Waals surface area contributed by atoms with E-state index in [1.54, 1.807) is 6.20 Å². The molecule has 1 aliphatic rings. The van der Waals surface area contributed by atoms with Crippen LogP contribution in [0.3, 0.4) is 0 Å². The molecule has 7 nitrogen and oxygen atoms in total. The van der Waals surface area contributed by atoms with Crippen molar-refractivity contribution in [3.63, 3.8) is 0 Å². The molecule has 152 valence electrons. The number of hydrogen-bond donors (Lipinski definition) is 3. The number of carbonyl (C=O) groups excluding carboxylic acids is 1. The highest BCUT2D eigenvalue weighted by atomic mass is 127. The monoisotopic (exact) mass is 508 g/mol. The van der Waals surface area contributed by atoms with Gasteiger partial charge in [-0.25, -0.2) is 4.98 Å². The van der Waals surface area contributed by atoms with Crippen molar-refractivity contribution in [2.75, 3.05) is 37.6 Å². The van der Waals surface area contributed by atoms with Crippen LogP contribution in [-0.2, 0) is 4.79 Å². The van der Waals surface area contributed by atoms with E-state index in [-0.39, 0.29) is 41.8 Å². The van der Waals surface area contributed by atoms with E-state index in [1.165, 1.54) is 0 Å². The first kappa shape index (κ1) is 23.7. The van der Waals surface area contributed by atoms with E-state index < -0.39 is 0 Å². The summed E-state index contributed by atoms with van der Waals surface area (Å²) in [6.07, 6.45) is 2.75. The Bertz CT molecular complexity index is 628. The number of rotatable bonds is 7. The van der Waals surface area contributed by atoms with Gasteiger partial charge in [-0.15, -0.1) is 24.0 Å². The van der Waals surface area contributed by atoms with Crippen LogP contribution >= 0.6 is 35.6 Å². The minimum atomic E-state index is -0.00627. The molecule has 1 fully saturated rings. The predicted molar refractivity (Wildman–Crippen MR) is 122 cm³/mol. The molecule has 1 saturated heterocycles. The zero-order valence-electron chi connectivity index (χ0n) is 16.2. The number of pyridine rings is 1. The topological polar surface area (TPSA) is 81.6 Å². The summed E-state index contributed by atoms with van der Waals surface area (Å²) in [4.78, 5) is 22.7. The minimum absolute atomic E-state index is 0. The maximum atomic E-state index is 11.6. The van der Waals surface area contributed by atoms with Gasteiger partial charge in [0.05, 0.1) is 11.6 Å². The fourth-order valence-corrected chi connectivity index (χ4v) is 2.99. The van der Waals surface area contributed by atoms with Gasteiger partial charge in [-0.05, 0) is 25.5 Å². The molecule has 3 N–H and O–H groups in total. The maximum Gasteiger partial charge on any atom is 0.222 e. The molecule has 27 heavy (non-hydrogen) atoms. The normalized spacial score (nSPS) is 16.9. The zero-order chi connectivity index (χ0) is 18.9. The molecule has 2 heterocycles. The molecule has 0 aliphatic carbocycles. The van der Waals surface area contributed by atoms with Crippen molar-refractivity contribution >= 4 is 53.3 Å². The molecule has 9 heteroatoms. The molecule has 0 saturated carbocycles. The molecule has 0 spiro atoms. The smallest absolute Gasteiger partial charge is 0.222 e. The Morgan fingerprint density at radius 3 is 2.89 bits per heavy atom. The van der Waals surface area contributed by atoms with Gasteiger partial charge < -0.3 is 20.9 Å². The van der Waals surface area contributed by atoms with Crippen LogP contribution in [0.15, 0.2) is 23.3 Å². The maximum absolute atomic E-state index is 11.6. The Morgan fingerprint density at radius 1 is 1.44 bits per heavy atom. The number of aromatic nitrogens is 1. The highest BCUT2D eigenvalue weighted by Gasteiger charge is 2.25. The van der Waals surface area contributed by atoms with Crippen LogP contribution < -0.4 is 20.9 Å². The first-order valence-corrected chi connectivity index (χ1v) is 9.57. The van der Waals surface area contributed by atoms with E-state index in [9.17, 15) is 4.79 Å². The summed E-state index contributed by atoms with van der Waals surface area (Å²) in [5.74, 6) is 1.65. The van der Waals surface area contributed by atoms with E-state index >= 15 is 0 Å². The van der Waals surface area contributed by atoms with Crippen molar-refractivity contribution in [2.24, 2.45) is 10.9 Å². The third-order valence-corrected chi connectivity index (χ3v) is 4.41. The van der Waals surface area contributed by atoms with Crippen molar-refractivity contribution in [2.45, 2.75) is 33.2 Å². The number of aliphatic imine (C=N–C) groups is 1. The van der Waals surface area contributed by atoms with Gasteiger partial charge >= 0.3 is 0 Å². The van der Waals surface area contributed by atoms with Gasteiger partial charge in [0.1, 0.15) is 5.82 Å². The summed E-state index contributed by atoms with van der Waals surface area (Å²) in [6, 6.07) is 3.98. The van der Waals surface area contributed by atoms with Crippen LogP contribution in [0.4, 0.5) is 5.82 Å². The first-order valence-electron chi connectivity index (χ1n) is 9.19. The molecule has 2 rings (SSSR count). The standard InChI is InChI=1S/C18H29ClN6O.HI/c1-4-20-18(23-10-9-22-17(26)13(2)3)24-14-7-11-25(12-14)16-15(19)6-5-8-21-16;/h5-6,8,13-14H,4,7,9-12H2,1-3H3,(H,22,26)(H2,20,23,24);1H. The molecule has 1 atom stereocenters. The Balaban J connectivity index is 0.00000364. The number of nitrogens with one attached hydrogen (secondary N) is 3. The summed E-state index contributed by atoms with van der Waals surface area (Å²) in [6.45, 7) is 9.38. The van der Waals surface area contributed by atoms with Crippen LogP contribution in [0.1, 0.15) is 27.2 Å². The van der Waals surface area contributed by atoms with Crippen molar-refractivity contribution in [3.05, 3.63) is 23.4 Å². The largest absolute Gasteiger partial charge is 0.357 e. The van der Waals surface area contributed by atoms with E-state index in [2.05, 4.69) is 30.8 Å². The molecular weight excluding hydrogens is 479 g/mol. The third-order valence-electron chi connectivity index (χ3n) is 4.12. The molecular formula is C18H30ClIN6O. The lowest BCUT2D eigenvalue weighted by Gasteiger charge is -2.20. The summed E-state index contributed by atoms with van der Waals surface area (Å²) in [5, 5.41) is 10.3. The van der Waals surface area contributed by atoms with E-state index in [1.807, 2.05) is 32.9 Å². The van der Waals surface area contributed by atoms with Gasteiger partial charge in [0.2, 0.25) is 5.91 Å². The number of guanidine groups is 1. The number of anilines is 1. The van der Waals surface area contributed by atoms with E-state index in [0.29, 0.717) is 18.1 Å². The second-order valence-electron chi connectivity index (χ2n) is 6.59. The van der Waals surface area contributed by atoms with Gasteiger partial charge in [-0.1, -0.05) is 25.4 Å². The Kier molecular flexibility index (Phi) is 10.8. The second-order valence-corrected chi connectivity index (χ2v) is 7.00. The summed E-state index contributed by atoms with van der Waals surface area (Å²) < 4.78 is 0. The second kappa shape index (κ2) is 12.2. The lowest BCUT2D eigenvalue weighted by Crippen LogP contribution is -2.45. The average Bonchev–Trinajstić information content (AvgIpc) is 3.07. The van der Waals surface area contributed by atoms with E-state index in [0.717, 1.165) is 37.8 Å². The van der Waals surface area contributed by atoms with Crippen LogP contribution in [0.25, 0.3) is 0 Å². The van der Waals surface area contributed by atoms with Gasteiger partial charge in [0, 0.05) is 44.3 Å². The number of halogens is 2. The lowest BCUT2D eigenvalue weighted by atomic mass is 10.2. The van der Waals surface area contributed by atoms with Crippen LogP contribution in [0.2, 0.25) is 5.02 Å².